The summed E-state index contributed by atoms with van der Waals surface area (Å²) >= 11 is 0. The van der Waals surface area contributed by atoms with E-state index in [0.717, 1.165) is 0 Å². The predicted octanol–water partition coefficient (Wildman–Crippen LogP) is -0.378. The minimum atomic E-state index is -0.614. The Morgan fingerprint density at radius 3 is 2.71 bits per heavy atom. The van der Waals surface area contributed by atoms with Crippen LogP contribution in [0.4, 0.5) is 0 Å². The Morgan fingerprint density at radius 1 is 1.14 bits per heavy atom. The smallest absolute Gasteiger partial charge is 0.190 e. The molecule has 0 aromatic carbocycles. The van der Waals surface area contributed by atoms with Crippen molar-refractivity contribution in [2.45, 2.75) is 50.3 Å². The summed E-state index contributed by atoms with van der Waals surface area (Å²) in [7, 11) is 0. The molecule has 3 aliphatic rings. The van der Waals surface area contributed by atoms with Crippen LogP contribution in [0, 0.1) is 0 Å². The molecule has 5 nitrogen and oxygen atoms in total. The van der Waals surface area contributed by atoms with Crippen molar-refractivity contribution >= 4 is 0 Å². The highest BCUT2D eigenvalue weighted by molar-refractivity contribution is 5.00. The summed E-state index contributed by atoms with van der Waals surface area (Å²) in [5.74, 6) is -0.614. The van der Waals surface area contributed by atoms with Gasteiger partial charge in [0.2, 0.25) is 0 Å². The molecule has 14 heavy (non-hydrogen) atoms. The van der Waals surface area contributed by atoms with Crippen LogP contribution in [0.15, 0.2) is 0 Å². The zero-order valence-electron chi connectivity index (χ0n) is 8.17. The molecule has 0 aromatic heterocycles. The van der Waals surface area contributed by atoms with Gasteiger partial charge >= 0.3 is 0 Å². The summed E-state index contributed by atoms with van der Waals surface area (Å²) in [5.41, 5.74) is 0. The first-order valence-electron chi connectivity index (χ1n) is 4.88. The van der Waals surface area contributed by atoms with Crippen molar-refractivity contribution in [2.75, 3.05) is 6.61 Å². The van der Waals surface area contributed by atoms with E-state index in [4.69, 9.17) is 18.9 Å². The van der Waals surface area contributed by atoms with Crippen LogP contribution in [0.3, 0.4) is 0 Å². The fraction of sp³-hybridized carbons (Fsp3) is 1.00. The second kappa shape index (κ2) is 2.68. The number of hydrogen-bond acceptors (Lipinski definition) is 5. The van der Waals surface area contributed by atoms with Crippen LogP contribution in [0.25, 0.3) is 0 Å². The lowest BCUT2D eigenvalue weighted by molar-refractivity contribution is -0.214. The first kappa shape index (κ1) is 9.06. The van der Waals surface area contributed by atoms with E-state index in [1.807, 2.05) is 13.8 Å². The van der Waals surface area contributed by atoms with Crippen LogP contribution in [0.1, 0.15) is 13.8 Å². The van der Waals surface area contributed by atoms with Crippen molar-refractivity contribution in [1.29, 1.82) is 0 Å². The molecule has 0 saturated carbocycles. The maximum absolute atomic E-state index is 9.52. The minimum Gasteiger partial charge on any atom is -0.388 e. The largest absolute Gasteiger partial charge is 0.388 e. The van der Waals surface area contributed by atoms with E-state index >= 15 is 0 Å². The fourth-order valence-corrected chi connectivity index (χ4v) is 2.31. The molecule has 0 aliphatic carbocycles. The van der Waals surface area contributed by atoms with Crippen molar-refractivity contribution < 1.29 is 24.1 Å². The molecule has 0 bridgehead atoms. The SMILES string of the molecule is CC1(C)O[C@@H]2O[C@H]3[C@@H](OC[C@H]3O)[C@@H]2O1. The van der Waals surface area contributed by atoms with Crippen molar-refractivity contribution in [1.82, 2.24) is 0 Å². The highest BCUT2D eigenvalue weighted by Gasteiger charge is 2.59. The van der Waals surface area contributed by atoms with Gasteiger partial charge in [-0.3, -0.25) is 0 Å². The third-order valence-electron chi connectivity index (χ3n) is 2.87. The molecular weight excluding hydrogens is 188 g/mol. The van der Waals surface area contributed by atoms with Crippen LogP contribution >= 0.6 is 0 Å². The van der Waals surface area contributed by atoms with E-state index in [1.54, 1.807) is 0 Å². The van der Waals surface area contributed by atoms with E-state index in [0.29, 0.717) is 6.61 Å². The van der Waals surface area contributed by atoms with E-state index in [1.165, 1.54) is 0 Å². The quantitative estimate of drug-likeness (QED) is 0.580. The molecule has 3 rings (SSSR count). The Labute approximate surface area is 81.9 Å². The number of ether oxygens (including phenoxy) is 4. The van der Waals surface area contributed by atoms with Gasteiger partial charge in [-0.1, -0.05) is 0 Å². The Kier molecular flexibility index (Phi) is 1.73. The zero-order chi connectivity index (χ0) is 9.92. The van der Waals surface area contributed by atoms with Gasteiger partial charge in [-0.15, -0.1) is 0 Å². The van der Waals surface area contributed by atoms with Crippen molar-refractivity contribution in [3.8, 4) is 0 Å². The highest BCUT2D eigenvalue weighted by Crippen LogP contribution is 2.41. The Morgan fingerprint density at radius 2 is 1.93 bits per heavy atom. The normalized spacial score (nSPS) is 54.6. The summed E-state index contributed by atoms with van der Waals surface area (Å²) in [4.78, 5) is 0. The lowest BCUT2D eigenvalue weighted by Gasteiger charge is -2.21. The standard InChI is InChI=1S/C9H14O5/c1-9(2)13-7-6-5(4(10)3-11-6)12-8(7)14-9/h4-8,10H,3H2,1-2H3/t4-,5-,6-,7+,8+/m1/s1. The Hall–Kier alpha value is -0.200. The van der Waals surface area contributed by atoms with E-state index < -0.39 is 18.2 Å². The number of aliphatic hydroxyl groups is 1. The number of rotatable bonds is 0. The number of hydrogen-bond donors (Lipinski definition) is 1. The zero-order valence-corrected chi connectivity index (χ0v) is 8.17. The average molecular weight is 202 g/mol. The molecule has 0 amide bonds. The van der Waals surface area contributed by atoms with Crippen LogP contribution < -0.4 is 0 Å². The van der Waals surface area contributed by atoms with E-state index in [9.17, 15) is 5.11 Å². The summed E-state index contributed by atoms with van der Waals surface area (Å²) in [6.45, 7) is 4.01. The summed E-state index contributed by atoms with van der Waals surface area (Å²) in [6, 6.07) is 0. The molecule has 3 saturated heterocycles. The lowest BCUT2D eigenvalue weighted by atomic mass is 10.1. The molecule has 3 fully saturated rings. The van der Waals surface area contributed by atoms with Gasteiger partial charge in [0.15, 0.2) is 12.1 Å². The summed E-state index contributed by atoms with van der Waals surface area (Å²) < 4.78 is 22.1. The number of aliphatic hydroxyl groups excluding tert-OH is 1. The topological polar surface area (TPSA) is 57.2 Å². The van der Waals surface area contributed by atoms with Crippen molar-refractivity contribution in [3.63, 3.8) is 0 Å². The molecule has 0 radical (unpaired) electrons. The van der Waals surface area contributed by atoms with Gasteiger partial charge in [0, 0.05) is 0 Å². The van der Waals surface area contributed by atoms with Gasteiger partial charge in [-0.05, 0) is 13.8 Å². The van der Waals surface area contributed by atoms with Gasteiger partial charge in [0.05, 0.1) is 6.61 Å². The lowest BCUT2D eigenvalue weighted by Crippen LogP contribution is -2.35. The molecule has 1 N–H and O–H groups in total. The van der Waals surface area contributed by atoms with E-state index in [-0.39, 0.29) is 18.3 Å². The molecule has 80 valence electrons. The van der Waals surface area contributed by atoms with Crippen LogP contribution in [0.2, 0.25) is 0 Å². The first-order valence-corrected chi connectivity index (χ1v) is 4.88. The average Bonchev–Trinajstić information content (AvgIpc) is 2.63. The van der Waals surface area contributed by atoms with Gasteiger partial charge < -0.3 is 24.1 Å². The summed E-state index contributed by atoms with van der Waals surface area (Å²) in [6.07, 6.45) is -1.62. The molecule has 3 heterocycles. The molecule has 0 spiro atoms. The van der Waals surface area contributed by atoms with Gasteiger partial charge in [-0.2, -0.15) is 0 Å². The van der Waals surface area contributed by atoms with Gasteiger partial charge in [0.1, 0.15) is 24.4 Å². The molecule has 0 unspecified atom stereocenters. The third kappa shape index (κ3) is 1.14. The monoisotopic (exact) mass is 202 g/mol. The van der Waals surface area contributed by atoms with Crippen molar-refractivity contribution in [2.24, 2.45) is 0 Å². The second-order valence-corrected chi connectivity index (χ2v) is 4.43. The Bertz CT molecular complexity index is 254. The number of fused-ring (bicyclic) bond motifs is 3. The van der Waals surface area contributed by atoms with E-state index in [2.05, 4.69) is 0 Å². The molecule has 0 aromatic rings. The molecule has 3 aliphatic heterocycles. The second-order valence-electron chi connectivity index (χ2n) is 4.43. The fourth-order valence-electron chi connectivity index (χ4n) is 2.31. The van der Waals surface area contributed by atoms with Crippen molar-refractivity contribution in [3.05, 3.63) is 0 Å². The summed E-state index contributed by atoms with van der Waals surface area (Å²) in [5, 5.41) is 9.52. The first-order chi connectivity index (χ1) is 6.57. The minimum absolute atomic E-state index is 0.184. The predicted molar refractivity (Wildman–Crippen MR) is 44.4 cm³/mol. The van der Waals surface area contributed by atoms with Gasteiger partial charge in [0.25, 0.3) is 0 Å². The Balaban J connectivity index is 1.80. The van der Waals surface area contributed by atoms with Crippen LogP contribution in [-0.4, -0.2) is 48.2 Å². The third-order valence-corrected chi connectivity index (χ3v) is 2.87. The van der Waals surface area contributed by atoms with Crippen LogP contribution in [0.5, 0.6) is 0 Å². The molecule has 5 heteroatoms. The maximum atomic E-state index is 9.52. The highest BCUT2D eigenvalue weighted by atomic mass is 16.8. The van der Waals surface area contributed by atoms with Gasteiger partial charge in [-0.25, -0.2) is 0 Å². The van der Waals surface area contributed by atoms with Crippen LogP contribution in [-0.2, 0) is 18.9 Å². The molecule has 5 atom stereocenters. The molecular formula is C9H14O5. The maximum Gasteiger partial charge on any atom is 0.190 e.